The molecule has 0 spiro atoms. The van der Waals surface area contributed by atoms with Crippen molar-refractivity contribution < 1.29 is 8.78 Å². The molecule has 0 aromatic rings. The van der Waals surface area contributed by atoms with Crippen molar-refractivity contribution in [3.63, 3.8) is 0 Å². The summed E-state index contributed by atoms with van der Waals surface area (Å²) in [7, 11) is 0. The van der Waals surface area contributed by atoms with Crippen LogP contribution in [0.4, 0.5) is 8.78 Å². The summed E-state index contributed by atoms with van der Waals surface area (Å²) in [6.45, 7) is 3.63. The summed E-state index contributed by atoms with van der Waals surface area (Å²) < 4.78 is 23.4. The molecule has 1 atom stereocenters. The van der Waals surface area contributed by atoms with Crippen molar-refractivity contribution in [2.45, 2.75) is 26.3 Å². The fourth-order valence-corrected chi connectivity index (χ4v) is 1.17. The van der Waals surface area contributed by atoms with Crippen LogP contribution in [0.2, 0.25) is 0 Å². The van der Waals surface area contributed by atoms with Gasteiger partial charge in [-0.3, -0.25) is 0 Å². The Morgan fingerprint density at radius 2 is 1.91 bits per heavy atom. The van der Waals surface area contributed by atoms with Gasteiger partial charge in [-0.15, -0.1) is 11.6 Å². The first-order valence-corrected chi connectivity index (χ1v) is 4.18. The Morgan fingerprint density at radius 1 is 1.36 bits per heavy atom. The van der Waals surface area contributed by atoms with Crippen LogP contribution in [0, 0.1) is 5.92 Å². The Morgan fingerprint density at radius 3 is 2.18 bits per heavy atom. The molecule has 0 aliphatic carbocycles. The van der Waals surface area contributed by atoms with Crippen molar-refractivity contribution in [1.29, 1.82) is 0 Å². The maximum absolute atomic E-state index is 11.7. The molecule has 0 rings (SSSR count). The number of rotatable bonds is 5. The molecule has 0 saturated carbocycles. The number of nitrogens with one attached hydrogen (secondary N) is 1. The molecule has 0 heterocycles. The average molecular weight is 186 g/mol. The quantitative estimate of drug-likeness (QED) is 0.647. The third kappa shape index (κ3) is 5.39. The minimum atomic E-state index is -2.29. The van der Waals surface area contributed by atoms with Crippen LogP contribution in [0.3, 0.4) is 0 Å². The largest absolute Gasteiger partial charge is 0.307 e. The van der Waals surface area contributed by atoms with Crippen LogP contribution in [0.25, 0.3) is 0 Å². The minimum Gasteiger partial charge on any atom is -0.307 e. The highest BCUT2D eigenvalue weighted by Gasteiger charge is 2.12. The Balaban J connectivity index is 3.52. The topological polar surface area (TPSA) is 12.0 Å². The van der Waals surface area contributed by atoms with E-state index in [0.29, 0.717) is 11.8 Å². The van der Waals surface area contributed by atoms with Gasteiger partial charge in [-0.1, -0.05) is 13.8 Å². The average Bonchev–Trinajstić information content (AvgIpc) is 1.87. The number of alkyl halides is 3. The maximum atomic E-state index is 11.7. The molecular weight excluding hydrogens is 172 g/mol. The minimum absolute atomic E-state index is 0.00864. The van der Waals surface area contributed by atoms with Gasteiger partial charge in [0.25, 0.3) is 6.43 Å². The van der Waals surface area contributed by atoms with Gasteiger partial charge in [0.2, 0.25) is 0 Å². The molecule has 0 radical (unpaired) electrons. The van der Waals surface area contributed by atoms with E-state index >= 15 is 0 Å². The van der Waals surface area contributed by atoms with Crippen LogP contribution in [0.5, 0.6) is 0 Å². The van der Waals surface area contributed by atoms with E-state index in [-0.39, 0.29) is 12.6 Å². The van der Waals surface area contributed by atoms with Crippen molar-refractivity contribution in [2.24, 2.45) is 5.92 Å². The van der Waals surface area contributed by atoms with Gasteiger partial charge in [0.05, 0.1) is 6.54 Å². The summed E-state index contributed by atoms with van der Waals surface area (Å²) in [5.41, 5.74) is 0. The molecular formula is C7H14ClF2N. The van der Waals surface area contributed by atoms with E-state index in [1.54, 1.807) is 0 Å². The van der Waals surface area contributed by atoms with E-state index in [4.69, 9.17) is 11.6 Å². The molecule has 11 heavy (non-hydrogen) atoms. The Kier molecular flexibility index (Phi) is 5.78. The molecule has 0 aromatic heterocycles. The van der Waals surface area contributed by atoms with E-state index in [1.165, 1.54) is 0 Å². The Bertz CT molecular complexity index is 98.4. The van der Waals surface area contributed by atoms with Crippen LogP contribution >= 0.6 is 11.6 Å². The highest BCUT2D eigenvalue weighted by atomic mass is 35.5. The van der Waals surface area contributed by atoms with E-state index < -0.39 is 6.43 Å². The van der Waals surface area contributed by atoms with Crippen molar-refractivity contribution in [3.8, 4) is 0 Å². The zero-order valence-electron chi connectivity index (χ0n) is 6.78. The molecule has 0 fully saturated rings. The normalized spacial score (nSPS) is 14.5. The van der Waals surface area contributed by atoms with E-state index in [1.807, 2.05) is 13.8 Å². The van der Waals surface area contributed by atoms with E-state index in [2.05, 4.69) is 5.32 Å². The summed E-state index contributed by atoms with van der Waals surface area (Å²) >= 11 is 5.54. The fraction of sp³-hybridized carbons (Fsp3) is 1.00. The summed E-state index contributed by atoms with van der Waals surface area (Å²) in [5, 5.41) is 2.69. The summed E-state index contributed by atoms with van der Waals surface area (Å²) in [4.78, 5) is 0. The Hall–Kier alpha value is 0.110. The van der Waals surface area contributed by atoms with E-state index in [9.17, 15) is 8.78 Å². The van der Waals surface area contributed by atoms with Gasteiger partial charge in [0, 0.05) is 11.9 Å². The maximum Gasteiger partial charge on any atom is 0.250 e. The van der Waals surface area contributed by atoms with Crippen molar-refractivity contribution in [1.82, 2.24) is 5.32 Å². The van der Waals surface area contributed by atoms with Gasteiger partial charge >= 0.3 is 0 Å². The van der Waals surface area contributed by atoms with Crippen molar-refractivity contribution in [2.75, 3.05) is 12.4 Å². The first-order valence-electron chi connectivity index (χ1n) is 3.65. The van der Waals surface area contributed by atoms with E-state index in [0.717, 1.165) is 0 Å². The van der Waals surface area contributed by atoms with Crippen LogP contribution in [-0.4, -0.2) is 24.9 Å². The second-order valence-corrected chi connectivity index (χ2v) is 3.11. The van der Waals surface area contributed by atoms with Crippen molar-refractivity contribution in [3.05, 3.63) is 0 Å². The highest BCUT2D eigenvalue weighted by Crippen LogP contribution is 2.03. The molecule has 0 amide bonds. The monoisotopic (exact) mass is 185 g/mol. The van der Waals surface area contributed by atoms with Crippen LogP contribution in [0.15, 0.2) is 0 Å². The summed E-state index contributed by atoms with van der Waals surface area (Å²) in [5.74, 6) is 0.677. The molecule has 0 saturated heterocycles. The van der Waals surface area contributed by atoms with Crippen LogP contribution in [-0.2, 0) is 0 Å². The first-order chi connectivity index (χ1) is 5.07. The lowest BCUT2D eigenvalue weighted by atomic mass is 10.1. The van der Waals surface area contributed by atoms with Gasteiger partial charge in [-0.25, -0.2) is 8.78 Å². The number of halogens is 3. The van der Waals surface area contributed by atoms with Crippen LogP contribution < -0.4 is 5.32 Å². The second kappa shape index (κ2) is 5.72. The molecule has 1 N–H and O–H groups in total. The van der Waals surface area contributed by atoms with Gasteiger partial charge in [-0.2, -0.15) is 0 Å². The fourth-order valence-electron chi connectivity index (χ4n) is 0.709. The standard InChI is InChI=1S/C7H14ClF2N/c1-5(2)6(3-8)11-4-7(9)10/h5-7,11H,3-4H2,1-2H3. The number of hydrogen-bond donors (Lipinski definition) is 1. The van der Waals surface area contributed by atoms with Gasteiger partial charge < -0.3 is 5.32 Å². The van der Waals surface area contributed by atoms with Gasteiger partial charge in [0.1, 0.15) is 0 Å². The van der Waals surface area contributed by atoms with Crippen molar-refractivity contribution >= 4 is 11.6 Å². The molecule has 4 heteroatoms. The molecule has 0 bridgehead atoms. The zero-order valence-corrected chi connectivity index (χ0v) is 7.54. The van der Waals surface area contributed by atoms with Gasteiger partial charge in [0.15, 0.2) is 0 Å². The molecule has 1 nitrogen and oxygen atoms in total. The second-order valence-electron chi connectivity index (χ2n) is 2.80. The molecule has 0 aliphatic rings. The zero-order chi connectivity index (χ0) is 8.85. The predicted molar refractivity (Wildman–Crippen MR) is 43.4 cm³/mol. The molecule has 0 aromatic carbocycles. The number of hydrogen-bond acceptors (Lipinski definition) is 1. The van der Waals surface area contributed by atoms with Crippen LogP contribution in [0.1, 0.15) is 13.8 Å². The first kappa shape index (κ1) is 11.1. The predicted octanol–water partition coefficient (Wildman–Crippen LogP) is 2.10. The smallest absolute Gasteiger partial charge is 0.250 e. The molecule has 1 unspecified atom stereocenters. The Labute approximate surface area is 71.1 Å². The lowest BCUT2D eigenvalue weighted by molar-refractivity contribution is 0.139. The highest BCUT2D eigenvalue weighted by molar-refractivity contribution is 6.18. The third-order valence-electron chi connectivity index (χ3n) is 1.51. The summed E-state index contributed by atoms with van der Waals surface area (Å²) in [6, 6.07) is -0.00864. The SMILES string of the molecule is CC(C)C(CCl)NCC(F)F. The lowest BCUT2D eigenvalue weighted by Crippen LogP contribution is -2.38. The molecule has 0 aliphatic heterocycles. The summed E-state index contributed by atoms with van der Waals surface area (Å²) in [6.07, 6.45) is -2.29. The lowest BCUT2D eigenvalue weighted by Gasteiger charge is -2.19. The third-order valence-corrected chi connectivity index (χ3v) is 1.84. The van der Waals surface area contributed by atoms with Gasteiger partial charge in [-0.05, 0) is 5.92 Å². The molecule has 68 valence electrons.